The van der Waals surface area contributed by atoms with Crippen molar-refractivity contribution in [3.8, 4) is 0 Å². The smallest absolute Gasteiger partial charge is 0.223 e. The van der Waals surface area contributed by atoms with Crippen molar-refractivity contribution < 1.29 is 9.59 Å². The van der Waals surface area contributed by atoms with Crippen LogP contribution in [0.1, 0.15) is 64.9 Å². The molecule has 0 aliphatic heterocycles. The molecule has 23 heavy (non-hydrogen) atoms. The third-order valence-electron chi connectivity index (χ3n) is 3.89. The van der Waals surface area contributed by atoms with Crippen molar-refractivity contribution in [1.29, 1.82) is 0 Å². The van der Waals surface area contributed by atoms with Gasteiger partial charge in [0, 0.05) is 32.1 Å². The van der Waals surface area contributed by atoms with Crippen LogP contribution in [0.5, 0.6) is 0 Å². The summed E-state index contributed by atoms with van der Waals surface area (Å²) in [6, 6.07) is 7.91. The van der Waals surface area contributed by atoms with Crippen LogP contribution in [-0.4, -0.2) is 24.9 Å². The zero-order valence-corrected chi connectivity index (χ0v) is 14.9. The van der Waals surface area contributed by atoms with Crippen molar-refractivity contribution in [3.63, 3.8) is 0 Å². The number of hydrogen-bond donors (Lipinski definition) is 1. The third kappa shape index (κ3) is 6.43. The molecule has 4 heteroatoms. The van der Waals surface area contributed by atoms with Crippen LogP contribution >= 0.6 is 0 Å². The van der Waals surface area contributed by atoms with E-state index in [1.54, 1.807) is 11.8 Å². The van der Waals surface area contributed by atoms with Crippen LogP contribution in [0.3, 0.4) is 0 Å². The first-order valence-corrected chi connectivity index (χ1v) is 8.61. The minimum atomic E-state index is -0.0307. The second-order valence-corrected chi connectivity index (χ2v) is 6.19. The van der Waals surface area contributed by atoms with E-state index in [9.17, 15) is 9.59 Å². The lowest BCUT2D eigenvalue weighted by molar-refractivity contribution is -0.121. The Kier molecular flexibility index (Phi) is 8.38. The summed E-state index contributed by atoms with van der Waals surface area (Å²) >= 11 is 0. The van der Waals surface area contributed by atoms with Gasteiger partial charge in [-0.3, -0.25) is 9.59 Å². The van der Waals surface area contributed by atoms with Gasteiger partial charge in [0.05, 0.1) is 0 Å². The first-order valence-electron chi connectivity index (χ1n) is 8.61. The van der Waals surface area contributed by atoms with Crippen LogP contribution in [-0.2, 0) is 9.59 Å². The molecule has 0 aromatic heterocycles. The predicted molar refractivity (Wildman–Crippen MR) is 95.7 cm³/mol. The summed E-state index contributed by atoms with van der Waals surface area (Å²) in [5, 5.41) is 2.92. The van der Waals surface area contributed by atoms with Crippen LogP contribution in [0.2, 0.25) is 0 Å². The van der Waals surface area contributed by atoms with E-state index in [2.05, 4.69) is 26.1 Å². The lowest BCUT2D eigenvalue weighted by Crippen LogP contribution is -2.34. The Labute approximate surface area is 140 Å². The summed E-state index contributed by atoms with van der Waals surface area (Å²) in [4.78, 5) is 25.7. The molecule has 1 aromatic rings. The molecule has 0 atom stereocenters. The maximum Gasteiger partial charge on any atom is 0.223 e. The molecule has 0 heterocycles. The van der Waals surface area contributed by atoms with E-state index in [1.807, 2.05) is 24.3 Å². The largest absolute Gasteiger partial charge is 0.356 e. The van der Waals surface area contributed by atoms with Gasteiger partial charge in [0.2, 0.25) is 11.8 Å². The highest BCUT2D eigenvalue weighted by Crippen LogP contribution is 2.27. The molecule has 0 unspecified atom stereocenters. The number of hydrogen-bond acceptors (Lipinski definition) is 2. The molecule has 128 valence electrons. The van der Waals surface area contributed by atoms with E-state index in [0.717, 1.165) is 37.1 Å². The molecule has 0 fully saturated rings. The number of nitrogens with zero attached hydrogens (tertiary/aromatic N) is 1. The topological polar surface area (TPSA) is 49.4 Å². The van der Waals surface area contributed by atoms with E-state index in [0.29, 0.717) is 18.9 Å². The number of rotatable bonds is 9. The SMILES string of the molecule is CCCCCNC(=O)CCN(C(C)=O)c1ccccc1C(C)C. The van der Waals surface area contributed by atoms with E-state index in [1.165, 1.54) is 0 Å². The summed E-state index contributed by atoms with van der Waals surface area (Å²) in [5.41, 5.74) is 2.04. The van der Waals surface area contributed by atoms with Gasteiger partial charge >= 0.3 is 0 Å². The number of anilines is 1. The van der Waals surface area contributed by atoms with Crippen LogP contribution in [0.25, 0.3) is 0 Å². The van der Waals surface area contributed by atoms with Gasteiger partial charge < -0.3 is 10.2 Å². The monoisotopic (exact) mass is 318 g/mol. The van der Waals surface area contributed by atoms with Crippen molar-refractivity contribution in [3.05, 3.63) is 29.8 Å². The Morgan fingerprint density at radius 2 is 1.87 bits per heavy atom. The third-order valence-corrected chi connectivity index (χ3v) is 3.89. The van der Waals surface area contributed by atoms with Crippen LogP contribution in [0.15, 0.2) is 24.3 Å². The molecule has 4 nitrogen and oxygen atoms in total. The predicted octanol–water partition coefficient (Wildman–Crippen LogP) is 3.86. The Morgan fingerprint density at radius 1 is 1.17 bits per heavy atom. The lowest BCUT2D eigenvalue weighted by Gasteiger charge is -2.25. The highest BCUT2D eigenvalue weighted by molar-refractivity contribution is 5.93. The van der Waals surface area contributed by atoms with Gasteiger partial charge in [-0.25, -0.2) is 0 Å². The molecule has 0 aliphatic carbocycles. The number of carbonyl (C=O) groups is 2. The van der Waals surface area contributed by atoms with E-state index in [-0.39, 0.29) is 11.8 Å². The zero-order valence-electron chi connectivity index (χ0n) is 14.9. The van der Waals surface area contributed by atoms with Crippen LogP contribution < -0.4 is 10.2 Å². The second-order valence-electron chi connectivity index (χ2n) is 6.19. The second kappa shape index (κ2) is 10.0. The van der Waals surface area contributed by atoms with Gasteiger partial charge in [-0.15, -0.1) is 0 Å². The Bertz CT molecular complexity index is 512. The minimum Gasteiger partial charge on any atom is -0.356 e. The molecular formula is C19H30N2O2. The maximum atomic E-state index is 12.0. The first kappa shape index (κ1) is 19.2. The van der Waals surface area contributed by atoms with Crippen LogP contribution in [0.4, 0.5) is 5.69 Å². The van der Waals surface area contributed by atoms with Crippen molar-refractivity contribution in [2.75, 3.05) is 18.0 Å². The van der Waals surface area contributed by atoms with Crippen molar-refractivity contribution in [2.45, 2.75) is 59.3 Å². The molecular weight excluding hydrogens is 288 g/mol. The highest BCUT2D eigenvalue weighted by atomic mass is 16.2. The average molecular weight is 318 g/mol. The fraction of sp³-hybridized carbons (Fsp3) is 0.579. The zero-order chi connectivity index (χ0) is 17.2. The molecule has 0 saturated carbocycles. The average Bonchev–Trinajstić information content (AvgIpc) is 2.51. The number of benzene rings is 1. The van der Waals surface area contributed by atoms with Crippen LogP contribution in [0, 0.1) is 0 Å². The molecule has 0 saturated heterocycles. The number of nitrogens with one attached hydrogen (secondary N) is 1. The Balaban J connectivity index is 2.67. The Hall–Kier alpha value is -1.84. The fourth-order valence-electron chi connectivity index (χ4n) is 2.57. The molecule has 0 radical (unpaired) electrons. The number of carbonyl (C=O) groups excluding carboxylic acids is 2. The summed E-state index contributed by atoms with van der Waals surface area (Å²) < 4.78 is 0. The lowest BCUT2D eigenvalue weighted by atomic mass is 10.0. The minimum absolute atomic E-state index is 0.00869. The summed E-state index contributed by atoms with van der Waals surface area (Å²) in [5.74, 6) is 0.308. The number of amides is 2. The van der Waals surface area contributed by atoms with E-state index in [4.69, 9.17) is 0 Å². The molecule has 0 aliphatic rings. The molecule has 1 aromatic carbocycles. The van der Waals surface area contributed by atoms with Crippen molar-refractivity contribution in [1.82, 2.24) is 5.32 Å². The first-order chi connectivity index (χ1) is 11.0. The molecule has 0 spiro atoms. The van der Waals surface area contributed by atoms with Gasteiger partial charge in [-0.05, 0) is 24.0 Å². The van der Waals surface area contributed by atoms with Crippen molar-refractivity contribution in [2.24, 2.45) is 0 Å². The van der Waals surface area contributed by atoms with Gasteiger partial charge in [0.1, 0.15) is 0 Å². The molecule has 0 bridgehead atoms. The Morgan fingerprint density at radius 3 is 2.48 bits per heavy atom. The highest BCUT2D eigenvalue weighted by Gasteiger charge is 2.17. The van der Waals surface area contributed by atoms with Gasteiger partial charge in [0.15, 0.2) is 0 Å². The number of unbranched alkanes of at least 4 members (excludes halogenated alkanes) is 2. The number of para-hydroxylation sites is 1. The standard InChI is InChI=1S/C19H30N2O2/c1-5-6-9-13-20-19(23)12-14-21(16(4)22)18-11-8-7-10-17(18)15(2)3/h7-8,10-11,15H,5-6,9,12-14H2,1-4H3,(H,20,23). The van der Waals surface area contributed by atoms with Gasteiger partial charge in [-0.2, -0.15) is 0 Å². The maximum absolute atomic E-state index is 12.0. The molecule has 1 N–H and O–H groups in total. The van der Waals surface area contributed by atoms with Gasteiger partial charge in [-0.1, -0.05) is 51.8 Å². The van der Waals surface area contributed by atoms with E-state index < -0.39 is 0 Å². The van der Waals surface area contributed by atoms with Crippen molar-refractivity contribution >= 4 is 17.5 Å². The quantitative estimate of drug-likeness (QED) is 0.703. The van der Waals surface area contributed by atoms with Gasteiger partial charge in [0.25, 0.3) is 0 Å². The van der Waals surface area contributed by atoms with E-state index >= 15 is 0 Å². The summed E-state index contributed by atoms with van der Waals surface area (Å²) in [7, 11) is 0. The molecule has 2 amide bonds. The fourth-order valence-corrected chi connectivity index (χ4v) is 2.57. The summed E-state index contributed by atoms with van der Waals surface area (Å²) in [6.45, 7) is 9.04. The molecule has 1 rings (SSSR count). The summed E-state index contributed by atoms with van der Waals surface area (Å²) in [6.07, 6.45) is 3.61. The normalized spacial score (nSPS) is 10.7.